The van der Waals surface area contributed by atoms with Crippen molar-refractivity contribution in [3.63, 3.8) is 0 Å². The number of H-pyrrole nitrogens is 1. The molecule has 0 aliphatic carbocycles. The van der Waals surface area contributed by atoms with Crippen LogP contribution in [0.25, 0.3) is 11.0 Å². The quantitative estimate of drug-likeness (QED) is 0.773. The fourth-order valence-corrected chi connectivity index (χ4v) is 2.63. The van der Waals surface area contributed by atoms with Crippen LogP contribution in [0.4, 0.5) is 0 Å². The first kappa shape index (κ1) is 12.0. The van der Waals surface area contributed by atoms with Crippen LogP contribution in [0.3, 0.4) is 0 Å². The van der Waals surface area contributed by atoms with E-state index in [1.807, 2.05) is 23.2 Å². The van der Waals surface area contributed by atoms with Gasteiger partial charge in [-0.15, -0.1) is 0 Å². The molecule has 1 fully saturated rings. The molecule has 3 heterocycles. The molecule has 6 heteroatoms. The Kier molecular flexibility index (Phi) is 2.67. The van der Waals surface area contributed by atoms with Crippen LogP contribution in [-0.4, -0.2) is 44.3 Å². The predicted octanol–water partition coefficient (Wildman–Crippen LogP) is 1.59. The molecule has 0 atom stereocenters. The van der Waals surface area contributed by atoms with Gasteiger partial charge in [0.1, 0.15) is 11.0 Å². The van der Waals surface area contributed by atoms with E-state index < -0.39 is 0 Å². The Hall–Kier alpha value is -2.76. The van der Waals surface area contributed by atoms with Crippen LogP contribution in [0.15, 0.2) is 42.7 Å². The van der Waals surface area contributed by atoms with Crippen molar-refractivity contribution in [2.45, 2.75) is 5.92 Å². The maximum atomic E-state index is 12.4. The van der Waals surface area contributed by atoms with Crippen LogP contribution in [0, 0.1) is 0 Å². The maximum absolute atomic E-state index is 12.4. The summed E-state index contributed by atoms with van der Waals surface area (Å²) in [5.74, 6) is 0.429. The molecule has 2 aromatic heterocycles. The molecule has 0 bridgehead atoms. The van der Waals surface area contributed by atoms with E-state index in [1.165, 1.54) is 5.56 Å². The minimum atomic E-state index is 0.0417. The van der Waals surface area contributed by atoms with Crippen molar-refractivity contribution in [2.24, 2.45) is 0 Å². The van der Waals surface area contributed by atoms with E-state index in [2.05, 4.69) is 26.5 Å². The highest BCUT2D eigenvalue weighted by molar-refractivity contribution is 5.97. The Morgan fingerprint density at radius 1 is 1.19 bits per heavy atom. The van der Waals surface area contributed by atoms with Gasteiger partial charge in [0.25, 0.3) is 5.91 Å². The Morgan fingerprint density at radius 3 is 2.86 bits per heavy atom. The topological polar surface area (TPSA) is 74.8 Å². The van der Waals surface area contributed by atoms with Crippen molar-refractivity contribution in [1.29, 1.82) is 0 Å². The molecular weight excluding hydrogens is 266 g/mol. The van der Waals surface area contributed by atoms with Crippen molar-refractivity contribution < 1.29 is 4.79 Å². The number of likely N-dealkylation sites (tertiary alicyclic amines) is 1. The molecule has 4 rings (SSSR count). The Labute approximate surface area is 120 Å². The standard InChI is InChI=1S/C15H13N5O/c21-15(10-3-4-13-14(6-10)18-19-17-13)20-8-12(9-20)11-2-1-5-16-7-11/h1-7,12H,8-9H2,(H,17,18,19). The molecule has 0 spiro atoms. The molecule has 1 N–H and O–H groups in total. The lowest BCUT2D eigenvalue weighted by Crippen LogP contribution is -2.48. The molecule has 1 aliphatic rings. The normalized spacial score (nSPS) is 15.1. The molecule has 1 saturated heterocycles. The third-order valence-electron chi connectivity index (χ3n) is 3.89. The largest absolute Gasteiger partial charge is 0.337 e. The maximum Gasteiger partial charge on any atom is 0.253 e. The van der Waals surface area contributed by atoms with Gasteiger partial charge in [-0.3, -0.25) is 9.78 Å². The average molecular weight is 279 g/mol. The summed E-state index contributed by atoms with van der Waals surface area (Å²) in [5.41, 5.74) is 3.32. The Bertz CT molecular complexity index is 792. The van der Waals surface area contributed by atoms with Gasteiger partial charge in [-0.1, -0.05) is 6.07 Å². The summed E-state index contributed by atoms with van der Waals surface area (Å²) in [4.78, 5) is 18.4. The summed E-state index contributed by atoms with van der Waals surface area (Å²) in [6, 6.07) is 9.37. The number of hydrogen-bond acceptors (Lipinski definition) is 4. The van der Waals surface area contributed by atoms with Gasteiger partial charge in [0.05, 0.1) is 0 Å². The molecule has 6 nitrogen and oxygen atoms in total. The smallest absolute Gasteiger partial charge is 0.253 e. The van der Waals surface area contributed by atoms with Gasteiger partial charge in [-0.2, -0.15) is 15.4 Å². The fourth-order valence-electron chi connectivity index (χ4n) is 2.63. The zero-order valence-electron chi connectivity index (χ0n) is 11.2. The number of carbonyl (C=O) groups is 1. The van der Waals surface area contributed by atoms with E-state index in [0.717, 1.165) is 18.6 Å². The lowest BCUT2D eigenvalue weighted by molar-refractivity contribution is 0.0602. The van der Waals surface area contributed by atoms with E-state index in [1.54, 1.807) is 18.3 Å². The number of aromatic amines is 1. The van der Waals surface area contributed by atoms with E-state index in [0.29, 0.717) is 17.0 Å². The van der Waals surface area contributed by atoms with Crippen molar-refractivity contribution in [3.8, 4) is 0 Å². The first-order valence-electron chi connectivity index (χ1n) is 6.81. The lowest BCUT2D eigenvalue weighted by atomic mass is 9.92. The average Bonchev–Trinajstić information content (AvgIpc) is 2.94. The van der Waals surface area contributed by atoms with Crippen LogP contribution in [0.2, 0.25) is 0 Å². The number of benzene rings is 1. The van der Waals surface area contributed by atoms with Crippen molar-refractivity contribution in [2.75, 3.05) is 13.1 Å². The number of fused-ring (bicyclic) bond motifs is 1. The zero-order chi connectivity index (χ0) is 14.2. The van der Waals surface area contributed by atoms with Crippen molar-refractivity contribution >= 4 is 16.9 Å². The number of hydrogen-bond donors (Lipinski definition) is 1. The Balaban J connectivity index is 1.49. The number of amides is 1. The van der Waals surface area contributed by atoms with Gasteiger partial charge in [-0.25, -0.2) is 0 Å². The number of carbonyl (C=O) groups excluding carboxylic acids is 1. The van der Waals surface area contributed by atoms with Crippen LogP contribution in [0.1, 0.15) is 21.8 Å². The summed E-state index contributed by atoms with van der Waals surface area (Å²) < 4.78 is 0. The highest BCUT2D eigenvalue weighted by atomic mass is 16.2. The first-order valence-corrected chi connectivity index (χ1v) is 6.81. The highest BCUT2D eigenvalue weighted by Crippen LogP contribution is 2.28. The third kappa shape index (κ3) is 2.05. The fraction of sp³-hybridized carbons (Fsp3) is 0.200. The van der Waals surface area contributed by atoms with Crippen LogP contribution < -0.4 is 0 Å². The van der Waals surface area contributed by atoms with Crippen molar-refractivity contribution in [3.05, 3.63) is 53.9 Å². The summed E-state index contributed by atoms with van der Waals surface area (Å²) >= 11 is 0. The van der Waals surface area contributed by atoms with Gasteiger partial charge in [0, 0.05) is 37.0 Å². The molecule has 21 heavy (non-hydrogen) atoms. The van der Waals surface area contributed by atoms with Gasteiger partial charge in [-0.05, 0) is 29.8 Å². The first-order chi connectivity index (χ1) is 10.3. The minimum Gasteiger partial charge on any atom is -0.337 e. The van der Waals surface area contributed by atoms with E-state index in [-0.39, 0.29) is 5.91 Å². The molecule has 0 radical (unpaired) electrons. The highest BCUT2D eigenvalue weighted by Gasteiger charge is 2.32. The molecule has 104 valence electrons. The van der Waals surface area contributed by atoms with Gasteiger partial charge < -0.3 is 4.90 Å². The lowest BCUT2D eigenvalue weighted by Gasteiger charge is -2.39. The second kappa shape index (κ2) is 4.66. The van der Waals surface area contributed by atoms with Crippen LogP contribution in [0.5, 0.6) is 0 Å². The third-order valence-corrected chi connectivity index (χ3v) is 3.89. The number of nitrogens with zero attached hydrogens (tertiary/aromatic N) is 4. The van der Waals surface area contributed by atoms with Gasteiger partial charge >= 0.3 is 0 Å². The summed E-state index contributed by atoms with van der Waals surface area (Å²) in [5, 5.41) is 10.6. The van der Waals surface area contributed by atoms with Crippen LogP contribution in [-0.2, 0) is 0 Å². The summed E-state index contributed by atoms with van der Waals surface area (Å²) in [6.45, 7) is 1.47. The van der Waals surface area contributed by atoms with E-state index in [9.17, 15) is 4.79 Å². The van der Waals surface area contributed by atoms with E-state index in [4.69, 9.17) is 0 Å². The van der Waals surface area contributed by atoms with E-state index >= 15 is 0 Å². The molecule has 1 amide bonds. The predicted molar refractivity (Wildman–Crippen MR) is 76.8 cm³/mol. The van der Waals surface area contributed by atoms with Gasteiger partial charge in [0.2, 0.25) is 0 Å². The molecule has 1 aliphatic heterocycles. The SMILES string of the molecule is O=C(c1ccc2n[nH]nc2c1)N1CC(c2cccnc2)C1. The monoisotopic (exact) mass is 279 g/mol. The molecular formula is C15H13N5O. The Morgan fingerprint density at radius 2 is 2.05 bits per heavy atom. The molecule has 0 unspecified atom stereocenters. The zero-order valence-corrected chi connectivity index (χ0v) is 11.2. The number of pyridine rings is 1. The number of nitrogens with one attached hydrogen (secondary N) is 1. The van der Waals surface area contributed by atoms with Crippen molar-refractivity contribution in [1.82, 2.24) is 25.3 Å². The van der Waals surface area contributed by atoms with Gasteiger partial charge in [0.15, 0.2) is 0 Å². The minimum absolute atomic E-state index is 0.0417. The summed E-state index contributed by atoms with van der Waals surface area (Å²) in [7, 11) is 0. The second-order valence-electron chi connectivity index (χ2n) is 5.22. The molecule has 3 aromatic rings. The summed E-state index contributed by atoms with van der Waals surface area (Å²) in [6.07, 6.45) is 3.63. The second-order valence-corrected chi connectivity index (χ2v) is 5.22. The number of aromatic nitrogens is 4. The molecule has 1 aromatic carbocycles. The molecule has 0 saturated carbocycles. The van der Waals surface area contributed by atoms with Crippen LogP contribution >= 0.6 is 0 Å². The number of rotatable bonds is 2.